The molecule has 0 atom stereocenters. The van der Waals surface area contributed by atoms with E-state index in [-0.39, 0.29) is 0 Å². The zero-order chi connectivity index (χ0) is 38.9. The van der Waals surface area contributed by atoms with Gasteiger partial charge in [-0.25, -0.2) is 0 Å². The maximum Gasteiger partial charge on any atom is 0.0561 e. The highest BCUT2D eigenvalue weighted by atomic mass is 32.1. The van der Waals surface area contributed by atoms with E-state index in [0.717, 1.165) is 5.69 Å². The zero-order valence-electron chi connectivity index (χ0n) is 32.0. The summed E-state index contributed by atoms with van der Waals surface area (Å²) in [4.78, 5) is 2.57. The van der Waals surface area contributed by atoms with Gasteiger partial charge in [0.1, 0.15) is 0 Å². The van der Waals surface area contributed by atoms with Gasteiger partial charge in [0.05, 0.1) is 11.4 Å². The van der Waals surface area contributed by atoms with Gasteiger partial charge in [0.15, 0.2) is 0 Å². The van der Waals surface area contributed by atoms with Crippen molar-refractivity contribution in [3.05, 3.63) is 212 Å². The van der Waals surface area contributed by atoms with Crippen LogP contribution in [0.3, 0.4) is 0 Å². The summed E-state index contributed by atoms with van der Waals surface area (Å²) in [6, 6.07) is 78.3. The number of hydrogen-bond acceptors (Lipinski definition) is 3. The van der Waals surface area contributed by atoms with Gasteiger partial charge in [-0.2, -0.15) is 0 Å². The van der Waals surface area contributed by atoms with E-state index in [1.54, 1.807) is 0 Å². The van der Waals surface area contributed by atoms with Gasteiger partial charge in [-0.05, 0) is 97.4 Å². The number of fused-ring (bicyclic) bond motifs is 9. The van der Waals surface area contributed by atoms with Crippen molar-refractivity contribution in [3.63, 3.8) is 0 Å². The monoisotopic (exact) mass is 785 g/mol. The Balaban J connectivity index is 1.21. The number of hydrogen-bond donors (Lipinski definition) is 0. The van der Waals surface area contributed by atoms with Gasteiger partial charge in [0.2, 0.25) is 0 Å². The molecule has 0 saturated carbocycles. The molecule has 0 aliphatic rings. The second-order valence-electron chi connectivity index (χ2n) is 15.2. The Kier molecular flexibility index (Phi) is 7.97. The predicted molar refractivity (Wildman–Crippen MR) is 258 cm³/mol. The molecular formula is C56H35NS2. The standard InChI is InChI=1S/C56H35NS2/c1-4-14-36(15-5-1)40-26-28-48-52(34-40)59-56-46(38-18-8-3-9-19-38)30-31-49(55(48)56)57(43-27-29-45-41(32-43)25-24-39-20-10-11-21-44(39)45)50-33-42(37-16-6-2-7-17-37)35-53-54(50)47-22-12-13-23-51(47)58-53/h1-35H. The van der Waals surface area contributed by atoms with Crippen LogP contribution in [0.15, 0.2) is 212 Å². The van der Waals surface area contributed by atoms with Crippen LogP contribution in [0.1, 0.15) is 0 Å². The van der Waals surface area contributed by atoms with Crippen LogP contribution in [-0.4, -0.2) is 0 Å². The fourth-order valence-corrected chi connectivity index (χ4v) is 11.5. The molecule has 0 N–H and O–H groups in total. The predicted octanol–water partition coefficient (Wildman–Crippen LogP) is 17.2. The molecule has 2 aromatic heterocycles. The molecule has 1 nitrogen and oxygen atoms in total. The van der Waals surface area contributed by atoms with Crippen LogP contribution in [0.25, 0.3) is 95.3 Å². The van der Waals surface area contributed by atoms with Crippen LogP contribution in [0.2, 0.25) is 0 Å². The van der Waals surface area contributed by atoms with Gasteiger partial charge in [0, 0.05) is 46.0 Å². The number of thiophene rings is 2. The first kappa shape index (κ1) is 34.0. The lowest BCUT2D eigenvalue weighted by Gasteiger charge is -2.29. The van der Waals surface area contributed by atoms with Crippen LogP contribution < -0.4 is 4.90 Å². The normalized spacial score (nSPS) is 11.7. The molecule has 12 rings (SSSR count). The zero-order valence-corrected chi connectivity index (χ0v) is 33.6. The number of nitrogens with zero attached hydrogens (tertiary/aromatic N) is 1. The summed E-state index contributed by atoms with van der Waals surface area (Å²) in [5, 5.41) is 10.1. The smallest absolute Gasteiger partial charge is 0.0561 e. The second kappa shape index (κ2) is 13.8. The van der Waals surface area contributed by atoms with Crippen molar-refractivity contribution >= 4 is 102 Å². The summed E-state index contributed by atoms with van der Waals surface area (Å²) in [5.74, 6) is 0. The summed E-state index contributed by atoms with van der Waals surface area (Å²) >= 11 is 3.78. The fourth-order valence-electron chi connectivity index (χ4n) is 9.06. The minimum Gasteiger partial charge on any atom is -0.309 e. The van der Waals surface area contributed by atoms with Crippen molar-refractivity contribution < 1.29 is 0 Å². The molecule has 0 saturated heterocycles. The molecule has 0 aliphatic carbocycles. The third kappa shape index (κ3) is 5.66. The lowest BCUT2D eigenvalue weighted by molar-refractivity contribution is 1.33. The van der Waals surface area contributed by atoms with E-state index in [0.29, 0.717) is 0 Å². The molecule has 276 valence electrons. The Bertz CT molecular complexity index is 3550. The van der Waals surface area contributed by atoms with Crippen LogP contribution >= 0.6 is 22.7 Å². The quantitative estimate of drug-likeness (QED) is 0.152. The first-order chi connectivity index (χ1) is 29.2. The SMILES string of the molecule is c1ccc(-c2ccc3c(c2)sc2c(-c4ccccc4)ccc(N(c4ccc5c(ccc6ccccc65)c4)c4cc(-c5ccccc5)cc5sc6ccccc6c45)c23)cc1. The van der Waals surface area contributed by atoms with Crippen LogP contribution in [0.5, 0.6) is 0 Å². The van der Waals surface area contributed by atoms with E-state index in [4.69, 9.17) is 0 Å². The van der Waals surface area contributed by atoms with Crippen molar-refractivity contribution in [2.45, 2.75) is 0 Å². The number of benzene rings is 10. The van der Waals surface area contributed by atoms with Gasteiger partial charge >= 0.3 is 0 Å². The Morgan fingerprint density at radius 3 is 1.71 bits per heavy atom. The molecule has 10 aromatic carbocycles. The number of rotatable bonds is 6. The van der Waals surface area contributed by atoms with Crippen molar-refractivity contribution in [1.29, 1.82) is 0 Å². The molecule has 0 fully saturated rings. The highest BCUT2D eigenvalue weighted by Crippen LogP contribution is 2.52. The first-order valence-electron chi connectivity index (χ1n) is 20.1. The number of anilines is 3. The molecule has 0 bridgehead atoms. The molecule has 2 heterocycles. The van der Waals surface area contributed by atoms with E-state index in [2.05, 4.69) is 217 Å². The lowest BCUT2D eigenvalue weighted by Crippen LogP contribution is -2.11. The molecule has 12 aromatic rings. The van der Waals surface area contributed by atoms with Gasteiger partial charge in [0.25, 0.3) is 0 Å². The average molecular weight is 786 g/mol. The third-order valence-electron chi connectivity index (χ3n) is 11.8. The van der Waals surface area contributed by atoms with Crippen molar-refractivity contribution in [2.75, 3.05) is 4.90 Å². The largest absolute Gasteiger partial charge is 0.309 e. The van der Waals surface area contributed by atoms with Crippen molar-refractivity contribution in [3.8, 4) is 33.4 Å². The van der Waals surface area contributed by atoms with E-state index in [9.17, 15) is 0 Å². The Morgan fingerprint density at radius 2 is 0.915 bits per heavy atom. The van der Waals surface area contributed by atoms with E-state index >= 15 is 0 Å². The van der Waals surface area contributed by atoms with E-state index in [1.807, 2.05) is 22.7 Å². The summed E-state index contributed by atoms with van der Waals surface area (Å²) < 4.78 is 5.13. The molecule has 3 heteroatoms. The molecule has 0 amide bonds. The lowest BCUT2D eigenvalue weighted by atomic mass is 9.97. The highest BCUT2D eigenvalue weighted by molar-refractivity contribution is 7.26. The van der Waals surface area contributed by atoms with Crippen LogP contribution in [-0.2, 0) is 0 Å². The second-order valence-corrected chi connectivity index (χ2v) is 17.4. The van der Waals surface area contributed by atoms with Gasteiger partial charge in [-0.1, -0.05) is 170 Å². The highest BCUT2D eigenvalue weighted by Gasteiger charge is 2.25. The molecule has 0 spiro atoms. The van der Waals surface area contributed by atoms with Gasteiger partial charge in [-0.15, -0.1) is 22.7 Å². The summed E-state index contributed by atoms with van der Waals surface area (Å²) in [6.07, 6.45) is 0. The minimum atomic E-state index is 1.13. The Hall–Kier alpha value is -7.04. The summed E-state index contributed by atoms with van der Waals surface area (Å²) in [6.45, 7) is 0. The molecule has 0 aliphatic heterocycles. The average Bonchev–Trinajstić information content (AvgIpc) is 3.89. The van der Waals surface area contributed by atoms with Gasteiger partial charge in [-0.3, -0.25) is 0 Å². The van der Waals surface area contributed by atoms with Crippen LogP contribution in [0, 0.1) is 0 Å². The molecule has 59 heavy (non-hydrogen) atoms. The summed E-state index contributed by atoms with van der Waals surface area (Å²) in [5.41, 5.74) is 10.8. The van der Waals surface area contributed by atoms with E-state index in [1.165, 1.54) is 107 Å². The Morgan fingerprint density at radius 1 is 0.305 bits per heavy atom. The van der Waals surface area contributed by atoms with Crippen molar-refractivity contribution in [2.24, 2.45) is 0 Å². The minimum absolute atomic E-state index is 1.13. The van der Waals surface area contributed by atoms with Crippen LogP contribution in [0.4, 0.5) is 17.1 Å². The molecule has 0 radical (unpaired) electrons. The van der Waals surface area contributed by atoms with E-state index < -0.39 is 0 Å². The Labute approximate surface area is 350 Å². The van der Waals surface area contributed by atoms with Gasteiger partial charge < -0.3 is 4.90 Å². The fraction of sp³-hybridized carbons (Fsp3) is 0. The third-order valence-corrected chi connectivity index (χ3v) is 14.1. The maximum absolute atomic E-state index is 2.57. The first-order valence-corrected chi connectivity index (χ1v) is 21.7. The van der Waals surface area contributed by atoms with Crippen molar-refractivity contribution in [1.82, 2.24) is 0 Å². The topological polar surface area (TPSA) is 3.24 Å². The summed E-state index contributed by atoms with van der Waals surface area (Å²) in [7, 11) is 0. The maximum atomic E-state index is 2.57. The molecular weight excluding hydrogens is 751 g/mol. The molecule has 0 unspecified atom stereocenters.